The second-order valence-corrected chi connectivity index (χ2v) is 4.07. The molecule has 0 radical (unpaired) electrons. The van der Waals surface area contributed by atoms with E-state index >= 15 is 0 Å². The minimum Gasteiger partial charge on any atom is -0.507 e. The van der Waals surface area contributed by atoms with Crippen LogP contribution in [0.4, 0.5) is 0 Å². The number of hydrogen-bond donors (Lipinski definition) is 2. The van der Waals surface area contributed by atoms with E-state index < -0.39 is 11.1 Å². The molecule has 94 valence electrons. The fourth-order valence-corrected chi connectivity index (χ4v) is 2.06. The van der Waals surface area contributed by atoms with Gasteiger partial charge in [0.25, 0.3) is 0 Å². The first-order valence-electron chi connectivity index (χ1n) is 5.50. The molecule has 3 aromatic rings. The number of hydrogen-bond acceptors (Lipinski definition) is 5. The van der Waals surface area contributed by atoms with Crippen LogP contribution in [0.15, 0.2) is 50.4 Å². The summed E-state index contributed by atoms with van der Waals surface area (Å²) in [6.45, 7) is 0. The Hall–Kier alpha value is -2.82. The summed E-state index contributed by atoms with van der Waals surface area (Å²) in [6.07, 6.45) is 0. The van der Waals surface area contributed by atoms with Crippen molar-refractivity contribution in [2.75, 3.05) is 0 Å². The van der Waals surface area contributed by atoms with Gasteiger partial charge in [0, 0.05) is 0 Å². The van der Waals surface area contributed by atoms with E-state index in [0.29, 0.717) is 0 Å². The molecule has 2 N–H and O–H groups in total. The Balaban J connectivity index is 2.83. The standard InChI is InChI=1S/C14H8O5/c15-8-4-1-3-7-11(8)13(17)12-9(16)5-2-6-10(12)19-14(7)18/h1-6,15-16H. The Labute approximate surface area is 106 Å². The van der Waals surface area contributed by atoms with Gasteiger partial charge in [-0.1, -0.05) is 12.1 Å². The summed E-state index contributed by atoms with van der Waals surface area (Å²) >= 11 is 0. The Kier molecular flexibility index (Phi) is 2.28. The zero-order valence-corrected chi connectivity index (χ0v) is 9.58. The number of rotatable bonds is 0. The molecule has 0 amide bonds. The molecule has 5 nitrogen and oxygen atoms in total. The summed E-state index contributed by atoms with van der Waals surface area (Å²) in [5, 5.41) is 19.2. The Morgan fingerprint density at radius 3 is 2.21 bits per heavy atom. The maximum atomic E-state index is 12.4. The molecule has 0 aliphatic carbocycles. The molecule has 0 saturated heterocycles. The third-order valence-corrected chi connectivity index (χ3v) is 2.92. The number of benzene rings is 2. The fraction of sp³-hybridized carbons (Fsp3) is 0. The molecule has 0 unspecified atom stereocenters. The quantitative estimate of drug-likeness (QED) is 0.639. The molecule has 2 aromatic carbocycles. The Morgan fingerprint density at radius 2 is 1.47 bits per heavy atom. The van der Waals surface area contributed by atoms with Crippen LogP contribution in [0.2, 0.25) is 0 Å². The summed E-state index contributed by atoms with van der Waals surface area (Å²) < 4.78 is 5.06. The van der Waals surface area contributed by atoms with Crippen molar-refractivity contribution in [3.8, 4) is 11.5 Å². The van der Waals surface area contributed by atoms with Crippen molar-refractivity contribution in [3.05, 3.63) is 57.0 Å². The van der Waals surface area contributed by atoms with Crippen molar-refractivity contribution >= 4 is 21.7 Å². The van der Waals surface area contributed by atoms with Gasteiger partial charge in [-0.15, -0.1) is 0 Å². The lowest BCUT2D eigenvalue weighted by atomic mass is 10.1. The van der Waals surface area contributed by atoms with E-state index in [4.69, 9.17) is 4.42 Å². The van der Waals surface area contributed by atoms with Gasteiger partial charge >= 0.3 is 5.63 Å². The normalized spacial score (nSPS) is 10.9. The average Bonchev–Trinajstić information content (AvgIpc) is 2.47. The Morgan fingerprint density at radius 1 is 0.842 bits per heavy atom. The highest BCUT2D eigenvalue weighted by Gasteiger charge is 2.13. The predicted molar refractivity (Wildman–Crippen MR) is 69.6 cm³/mol. The molecule has 1 aromatic heterocycles. The topological polar surface area (TPSA) is 87.7 Å². The van der Waals surface area contributed by atoms with Gasteiger partial charge in [0.1, 0.15) is 22.5 Å². The molecule has 5 heteroatoms. The van der Waals surface area contributed by atoms with Crippen molar-refractivity contribution in [3.63, 3.8) is 0 Å². The number of phenols is 2. The fourth-order valence-electron chi connectivity index (χ4n) is 2.06. The van der Waals surface area contributed by atoms with Crippen LogP contribution in [0.3, 0.4) is 0 Å². The lowest BCUT2D eigenvalue weighted by Crippen LogP contribution is -2.01. The number of aromatic hydroxyl groups is 2. The second-order valence-electron chi connectivity index (χ2n) is 4.07. The molecule has 1 heterocycles. The predicted octanol–water partition coefficient (Wildman–Crippen LogP) is 1.72. The molecular formula is C14H8O5. The van der Waals surface area contributed by atoms with E-state index in [1.165, 1.54) is 36.4 Å². The maximum Gasteiger partial charge on any atom is 0.344 e. The molecule has 0 spiro atoms. The van der Waals surface area contributed by atoms with Gasteiger partial charge in [-0.2, -0.15) is 0 Å². The lowest BCUT2D eigenvalue weighted by Gasteiger charge is -1.95. The van der Waals surface area contributed by atoms with Gasteiger partial charge < -0.3 is 14.6 Å². The molecule has 0 saturated carbocycles. The third-order valence-electron chi connectivity index (χ3n) is 2.92. The van der Waals surface area contributed by atoms with E-state index in [1.54, 1.807) is 0 Å². The molecule has 0 bridgehead atoms. The summed E-state index contributed by atoms with van der Waals surface area (Å²) in [4.78, 5) is 24.3. The SMILES string of the molecule is O=c1oc2cccc(O)c2c(=O)c2c(O)cccc12. The van der Waals surface area contributed by atoms with Crippen molar-refractivity contribution in [1.82, 2.24) is 0 Å². The highest BCUT2D eigenvalue weighted by molar-refractivity contribution is 5.95. The molecule has 0 atom stereocenters. The van der Waals surface area contributed by atoms with Crippen molar-refractivity contribution < 1.29 is 14.6 Å². The summed E-state index contributed by atoms with van der Waals surface area (Å²) in [7, 11) is 0. The molecule has 0 aliphatic heterocycles. The van der Waals surface area contributed by atoms with Gasteiger partial charge in [0.2, 0.25) is 5.43 Å². The average molecular weight is 256 g/mol. The summed E-state index contributed by atoms with van der Waals surface area (Å²) in [5.74, 6) is -0.623. The number of fused-ring (bicyclic) bond motifs is 2. The molecule has 0 aliphatic rings. The second kappa shape index (κ2) is 3.84. The first-order valence-corrected chi connectivity index (χ1v) is 5.50. The maximum absolute atomic E-state index is 12.4. The largest absolute Gasteiger partial charge is 0.507 e. The van der Waals surface area contributed by atoms with Crippen LogP contribution < -0.4 is 11.1 Å². The molecule has 3 rings (SSSR count). The van der Waals surface area contributed by atoms with Crippen LogP contribution in [0.25, 0.3) is 21.7 Å². The van der Waals surface area contributed by atoms with Crippen LogP contribution in [0.1, 0.15) is 0 Å². The highest BCUT2D eigenvalue weighted by atomic mass is 16.4. The van der Waals surface area contributed by atoms with Crippen molar-refractivity contribution in [1.29, 1.82) is 0 Å². The summed E-state index contributed by atoms with van der Waals surface area (Å²) in [6, 6.07) is 8.32. The molecule has 19 heavy (non-hydrogen) atoms. The van der Waals surface area contributed by atoms with E-state index in [1.807, 2.05) is 0 Å². The zero-order valence-electron chi connectivity index (χ0n) is 9.58. The highest BCUT2D eigenvalue weighted by Crippen LogP contribution is 2.24. The van der Waals surface area contributed by atoms with Gasteiger partial charge in [-0.25, -0.2) is 4.79 Å². The third kappa shape index (κ3) is 1.55. The van der Waals surface area contributed by atoms with E-state index in [9.17, 15) is 19.8 Å². The number of phenolic OH excluding ortho intramolecular Hbond substituents is 2. The van der Waals surface area contributed by atoms with Crippen LogP contribution >= 0.6 is 0 Å². The smallest absolute Gasteiger partial charge is 0.344 e. The van der Waals surface area contributed by atoms with Gasteiger partial charge in [-0.3, -0.25) is 4.79 Å². The minimum atomic E-state index is -0.747. The molecular weight excluding hydrogens is 248 g/mol. The van der Waals surface area contributed by atoms with Gasteiger partial charge in [0.05, 0.1) is 10.8 Å². The molecule has 0 fully saturated rings. The monoisotopic (exact) mass is 256 g/mol. The van der Waals surface area contributed by atoms with Crippen LogP contribution in [-0.4, -0.2) is 10.2 Å². The lowest BCUT2D eigenvalue weighted by molar-refractivity contribution is 0.479. The van der Waals surface area contributed by atoms with E-state index in [0.717, 1.165) is 0 Å². The minimum absolute atomic E-state index is 0.0226. The van der Waals surface area contributed by atoms with Crippen molar-refractivity contribution in [2.45, 2.75) is 0 Å². The van der Waals surface area contributed by atoms with Crippen LogP contribution in [-0.2, 0) is 0 Å². The first kappa shape index (κ1) is 11.3. The van der Waals surface area contributed by atoms with Gasteiger partial charge in [0.15, 0.2) is 0 Å². The first-order chi connectivity index (χ1) is 9.09. The Bertz CT molecular complexity index is 924. The zero-order chi connectivity index (χ0) is 13.6. The van der Waals surface area contributed by atoms with Crippen LogP contribution in [0.5, 0.6) is 11.5 Å². The van der Waals surface area contributed by atoms with Gasteiger partial charge in [-0.05, 0) is 24.3 Å². The van der Waals surface area contributed by atoms with Crippen molar-refractivity contribution in [2.24, 2.45) is 0 Å². The van der Waals surface area contributed by atoms with E-state index in [2.05, 4.69) is 0 Å². The summed E-state index contributed by atoms with van der Waals surface area (Å²) in [5.41, 5.74) is -1.42. The van der Waals surface area contributed by atoms with Crippen LogP contribution in [0, 0.1) is 0 Å². The van der Waals surface area contributed by atoms with E-state index in [-0.39, 0.29) is 33.2 Å².